The van der Waals surface area contributed by atoms with Gasteiger partial charge in [-0.3, -0.25) is 4.79 Å². The monoisotopic (exact) mass is 420 g/mol. The third-order valence-electron chi connectivity index (χ3n) is 4.50. The smallest absolute Gasteiger partial charge is 0.284 e. The second kappa shape index (κ2) is 8.12. The number of terminal acetylenes is 1. The van der Waals surface area contributed by atoms with E-state index >= 15 is 0 Å². The van der Waals surface area contributed by atoms with Crippen molar-refractivity contribution in [3.63, 3.8) is 0 Å². The van der Waals surface area contributed by atoms with Gasteiger partial charge in [0.25, 0.3) is 5.91 Å². The summed E-state index contributed by atoms with van der Waals surface area (Å²) in [4.78, 5) is 18.3. The van der Waals surface area contributed by atoms with Crippen LogP contribution in [-0.4, -0.2) is 17.1 Å². The topological polar surface area (TPSA) is 43.6 Å². The average molecular weight is 421 g/mol. The predicted octanol–water partition coefficient (Wildman–Crippen LogP) is 5.28. The summed E-state index contributed by atoms with van der Waals surface area (Å²) in [5.41, 5.74) is 1.35. The summed E-state index contributed by atoms with van der Waals surface area (Å²) in [6.07, 6.45) is 5.55. The molecule has 0 bridgehead atoms. The summed E-state index contributed by atoms with van der Waals surface area (Å²) < 4.78 is 8.49. The third-order valence-corrected chi connectivity index (χ3v) is 5.77. The van der Waals surface area contributed by atoms with E-state index in [9.17, 15) is 4.79 Å². The number of amides is 1. The number of nitrogens with zero attached hydrogens (tertiary/aromatic N) is 2. The molecule has 0 aliphatic carbocycles. The number of carbonyl (C=O) groups is 1. The van der Waals surface area contributed by atoms with E-state index in [-0.39, 0.29) is 5.91 Å². The highest BCUT2D eigenvalue weighted by Crippen LogP contribution is 2.29. The van der Waals surface area contributed by atoms with Crippen LogP contribution in [0.3, 0.4) is 0 Å². The molecule has 0 aliphatic heterocycles. The van der Waals surface area contributed by atoms with Crippen molar-refractivity contribution in [2.75, 3.05) is 6.61 Å². The Balaban J connectivity index is 1.95. The van der Waals surface area contributed by atoms with Crippen LogP contribution in [-0.2, 0) is 6.54 Å². The summed E-state index contributed by atoms with van der Waals surface area (Å²) in [5, 5.41) is 2.38. The highest BCUT2D eigenvalue weighted by Gasteiger charge is 2.17. The maximum Gasteiger partial charge on any atom is 0.284 e. The van der Waals surface area contributed by atoms with E-state index in [0.29, 0.717) is 34.3 Å². The first-order chi connectivity index (χ1) is 14.1. The van der Waals surface area contributed by atoms with Crippen LogP contribution in [0.5, 0.6) is 5.75 Å². The van der Waals surface area contributed by atoms with E-state index in [1.807, 2.05) is 60.0 Å². The molecule has 0 radical (unpaired) electrons. The number of hydrogen-bond acceptors (Lipinski definition) is 3. The molecule has 29 heavy (non-hydrogen) atoms. The molecule has 4 nitrogen and oxygen atoms in total. The average Bonchev–Trinajstić information content (AvgIpc) is 3.04. The van der Waals surface area contributed by atoms with Gasteiger partial charge in [0.1, 0.15) is 5.75 Å². The van der Waals surface area contributed by atoms with Crippen molar-refractivity contribution in [3.05, 3.63) is 70.0 Å². The molecule has 0 aliphatic rings. The molecule has 0 saturated heterocycles. The molecule has 1 heterocycles. The molecule has 0 atom stereocenters. The molecule has 3 aromatic carbocycles. The van der Waals surface area contributed by atoms with Crippen LogP contribution in [0.15, 0.2) is 59.6 Å². The Kier molecular flexibility index (Phi) is 5.39. The van der Waals surface area contributed by atoms with Gasteiger partial charge in [0.05, 0.1) is 28.9 Å². The molecule has 6 heteroatoms. The molecule has 1 aromatic heterocycles. The minimum atomic E-state index is -0.367. The summed E-state index contributed by atoms with van der Waals surface area (Å²) in [5.74, 6) is 2.79. The fourth-order valence-electron chi connectivity index (χ4n) is 3.27. The minimum absolute atomic E-state index is 0.307. The van der Waals surface area contributed by atoms with Gasteiger partial charge in [-0.25, -0.2) is 0 Å². The molecular formula is C23H17ClN2O2S. The Morgan fingerprint density at radius 3 is 2.86 bits per heavy atom. The fraction of sp³-hybridized carbons (Fsp3) is 0.130. The van der Waals surface area contributed by atoms with Gasteiger partial charge in [0.15, 0.2) is 4.80 Å². The lowest BCUT2D eigenvalue weighted by Crippen LogP contribution is -2.17. The fourth-order valence-corrected chi connectivity index (χ4v) is 4.57. The van der Waals surface area contributed by atoms with E-state index in [1.54, 1.807) is 6.07 Å². The van der Waals surface area contributed by atoms with Crippen LogP contribution in [0, 0.1) is 12.3 Å². The van der Waals surface area contributed by atoms with Crippen LogP contribution >= 0.6 is 22.9 Å². The van der Waals surface area contributed by atoms with Crippen molar-refractivity contribution < 1.29 is 9.53 Å². The lowest BCUT2D eigenvalue weighted by atomic mass is 10.0. The number of carbonyl (C=O) groups excluding carboxylic acids is 1. The molecule has 4 aromatic rings. The lowest BCUT2D eigenvalue weighted by Gasteiger charge is -2.10. The summed E-state index contributed by atoms with van der Waals surface area (Å²) in [6.45, 7) is 2.65. The van der Waals surface area contributed by atoms with Crippen molar-refractivity contribution in [2.24, 2.45) is 4.99 Å². The molecular weight excluding hydrogens is 404 g/mol. The highest BCUT2D eigenvalue weighted by molar-refractivity contribution is 7.16. The standard InChI is InChI=1S/C23H17ClN2O2S/c1-3-13-26-18-11-10-16(24)14-20(18)29-23(26)25-22(27)21-17-8-6-5-7-15(17)9-12-19(21)28-4-2/h1,5-12,14H,4,13H2,2H3. The molecule has 4 rings (SSSR count). The largest absolute Gasteiger partial charge is 0.493 e. The molecule has 144 valence electrons. The number of ether oxygens (including phenoxy) is 1. The predicted molar refractivity (Wildman–Crippen MR) is 119 cm³/mol. The van der Waals surface area contributed by atoms with Gasteiger partial charge in [-0.15, -0.1) is 6.42 Å². The maximum absolute atomic E-state index is 13.3. The van der Waals surface area contributed by atoms with E-state index in [4.69, 9.17) is 22.8 Å². The Labute approximate surface area is 177 Å². The number of benzene rings is 3. The van der Waals surface area contributed by atoms with Gasteiger partial charge in [0, 0.05) is 5.02 Å². The third kappa shape index (κ3) is 3.65. The van der Waals surface area contributed by atoms with Crippen LogP contribution in [0.1, 0.15) is 17.3 Å². The van der Waals surface area contributed by atoms with E-state index in [0.717, 1.165) is 21.0 Å². The van der Waals surface area contributed by atoms with Crippen LogP contribution in [0.25, 0.3) is 21.0 Å². The number of hydrogen-bond donors (Lipinski definition) is 0. The normalized spacial score (nSPS) is 11.7. The quantitative estimate of drug-likeness (QED) is 0.421. The molecule has 0 N–H and O–H groups in total. The second-order valence-corrected chi connectivity index (χ2v) is 7.74. The van der Waals surface area contributed by atoms with Gasteiger partial charge >= 0.3 is 0 Å². The SMILES string of the molecule is C#CCn1c(=NC(=O)c2c(OCC)ccc3ccccc23)sc2cc(Cl)ccc21. The number of aromatic nitrogens is 1. The van der Waals surface area contributed by atoms with E-state index in [1.165, 1.54) is 11.3 Å². The molecule has 0 saturated carbocycles. The Morgan fingerprint density at radius 2 is 2.07 bits per heavy atom. The van der Waals surface area contributed by atoms with Gasteiger partial charge in [0.2, 0.25) is 0 Å². The zero-order valence-electron chi connectivity index (χ0n) is 15.7. The van der Waals surface area contributed by atoms with Gasteiger partial charge in [-0.1, -0.05) is 59.2 Å². The van der Waals surface area contributed by atoms with Gasteiger partial charge in [-0.05, 0) is 42.0 Å². The first kappa shape index (κ1) is 19.3. The summed E-state index contributed by atoms with van der Waals surface area (Å²) >= 11 is 7.50. The Bertz CT molecular complexity index is 1340. The number of halogens is 1. The first-order valence-corrected chi connectivity index (χ1v) is 10.3. The number of thiazole rings is 1. The van der Waals surface area contributed by atoms with Crippen LogP contribution in [0.4, 0.5) is 0 Å². The molecule has 1 amide bonds. The van der Waals surface area contributed by atoms with E-state index in [2.05, 4.69) is 10.9 Å². The van der Waals surface area contributed by atoms with E-state index < -0.39 is 0 Å². The molecule has 0 fully saturated rings. The zero-order chi connectivity index (χ0) is 20.4. The second-order valence-electron chi connectivity index (χ2n) is 6.30. The van der Waals surface area contributed by atoms with Gasteiger partial charge < -0.3 is 9.30 Å². The minimum Gasteiger partial charge on any atom is -0.493 e. The Hall–Kier alpha value is -3.07. The highest BCUT2D eigenvalue weighted by atomic mass is 35.5. The van der Waals surface area contributed by atoms with Crippen molar-refractivity contribution in [1.82, 2.24) is 4.57 Å². The zero-order valence-corrected chi connectivity index (χ0v) is 17.3. The van der Waals surface area contributed by atoms with Crippen molar-refractivity contribution >= 4 is 49.8 Å². The van der Waals surface area contributed by atoms with Crippen LogP contribution in [0.2, 0.25) is 5.02 Å². The Morgan fingerprint density at radius 1 is 1.24 bits per heavy atom. The summed E-state index contributed by atoms with van der Waals surface area (Å²) in [7, 11) is 0. The maximum atomic E-state index is 13.3. The van der Waals surface area contributed by atoms with Crippen molar-refractivity contribution in [1.29, 1.82) is 0 Å². The van der Waals surface area contributed by atoms with Crippen molar-refractivity contribution in [2.45, 2.75) is 13.5 Å². The number of rotatable bonds is 4. The number of fused-ring (bicyclic) bond motifs is 2. The van der Waals surface area contributed by atoms with Crippen molar-refractivity contribution in [3.8, 4) is 18.1 Å². The van der Waals surface area contributed by atoms with Gasteiger partial charge in [-0.2, -0.15) is 4.99 Å². The first-order valence-electron chi connectivity index (χ1n) is 9.08. The lowest BCUT2D eigenvalue weighted by molar-refractivity contribution is 0.0996. The molecule has 0 spiro atoms. The van der Waals surface area contributed by atoms with Crippen LogP contribution < -0.4 is 9.54 Å². The molecule has 0 unspecified atom stereocenters. The summed E-state index contributed by atoms with van der Waals surface area (Å²) in [6, 6.07) is 17.0.